The molecule has 0 aliphatic carbocycles. The van der Waals surface area contributed by atoms with E-state index in [0.717, 1.165) is 0 Å². The molecule has 100 valence electrons. The average molecular weight is 331 g/mol. The fourth-order valence-electron chi connectivity index (χ4n) is 1.30. The molecule has 18 heavy (non-hydrogen) atoms. The highest BCUT2D eigenvalue weighted by Gasteiger charge is 2.57. The van der Waals surface area contributed by atoms with Crippen molar-refractivity contribution in [2.75, 3.05) is 0 Å². The zero-order valence-electron chi connectivity index (χ0n) is 8.86. The number of alkyl halides is 4. The van der Waals surface area contributed by atoms with Crippen LogP contribution in [0.2, 0.25) is 0 Å². The van der Waals surface area contributed by atoms with E-state index < -0.39 is 39.9 Å². The molecule has 0 aromatic heterocycles. The molecule has 0 atom stereocenters. The van der Waals surface area contributed by atoms with E-state index in [0.29, 0.717) is 18.2 Å². The van der Waals surface area contributed by atoms with Crippen molar-refractivity contribution in [3.8, 4) is 5.75 Å². The highest BCUT2D eigenvalue weighted by molar-refractivity contribution is 9.10. The molecule has 0 unspecified atom stereocenters. The first kappa shape index (κ1) is 14.9. The maximum absolute atomic E-state index is 13.6. The van der Waals surface area contributed by atoms with Crippen LogP contribution in [-0.4, -0.2) is 11.0 Å². The molecule has 0 aliphatic rings. The van der Waals surface area contributed by atoms with Crippen molar-refractivity contribution in [2.24, 2.45) is 0 Å². The molecular weight excluding hydrogens is 323 g/mol. The monoisotopic (exact) mass is 330 g/mol. The van der Waals surface area contributed by atoms with Gasteiger partial charge in [-0.15, -0.1) is 6.58 Å². The molecule has 0 spiro atoms. The van der Waals surface area contributed by atoms with E-state index in [2.05, 4.69) is 22.5 Å². The Morgan fingerprint density at radius 1 is 1.28 bits per heavy atom. The largest absolute Gasteiger partial charge is 0.506 e. The highest BCUT2D eigenvalue weighted by Crippen LogP contribution is 2.49. The number of rotatable bonds is 4. The van der Waals surface area contributed by atoms with Crippen LogP contribution in [0, 0.1) is 5.82 Å². The van der Waals surface area contributed by atoms with Gasteiger partial charge in [0.1, 0.15) is 11.6 Å². The van der Waals surface area contributed by atoms with Gasteiger partial charge in [0.15, 0.2) is 0 Å². The maximum Gasteiger partial charge on any atom is 0.339 e. The summed E-state index contributed by atoms with van der Waals surface area (Å²) in [4.78, 5) is 0. The van der Waals surface area contributed by atoms with E-state index in [9.17, 15) is 27.1 Å². The smallest absolute Gasteiger partial charge is 0.339 e. The SMILES string of the molecule is C=CCC(F)(F)C(F)(F)c1ccc(F)c(Br)c1O. The second-order valence-corrected chi connectivity index (χ2v) is 4.32. The van der Waals surface area contributed by atoms with Gasteiger partial charge in [-0.3, -0.25) is 0 Å². The summed E-state index contributed by atoms with van der Waals surface area (Å²) in [7, 11) is 0. The molecule has 0 bridgehead atoms. The van der Waals surface area contributed by atoms with Crippen LogP contribution in [0.1, 0.15) is 12.0 Å². The lowest BCUT2D eigenvalue weighted by atomic mass is 9.99. The fraction of sp³-hybridized carbons (Fsp3) is 0.273. The Morgan fingerprint density at radius 3 is 2.33 bits per heavy atom. The van der Waals surface area contributed by atoms with E-state index in [1.807, 2.05) is 0 Å². The molecule has 0 saturated carbocycles. The first-order chi connectivity index (χ1) is 8.15. The van der Waals surface area contributed by atoms with Crippen molar-refractivity contribution in [1.29, 1.82) is 0 Å². The van der Waals surface area contributed by atoms with E-state index in [4.69, 9.17) is 0 Å². The summed E-state index contributed by atoms with van der Waals surface area (Å²) < 4.78 is 66.0. The highest BCUT2D eigenvalue weighted by atomic mass is 79.9. The topological polar surface area (TPSA) is 20.2 Å². The standard InChI is InChI=1S/C11H8BrF5O/c1-2-5-10(14,15)11(16,17)6-3-4-7(13)8(12)9(6)18/h2-4,18H,1,5H2. The van der Waals surface area contributed by atoms with Crippen LogP contribution in [0.25, 0.3) is 0 Å². The van der Waals surface area contributed by atoms with E-state index >= 15 is 0 Å². The van der Waals surface area contributed by atoms with Gasteiger partial charge in [0.05, 0.1) is 10.0 Å². The van der Waals surface area contributed by atoms with E-state index in [1.165, 1.54) is 0 Å². The number of halogens is 6. The first-order valence-corrected chi connectivity index (χ1v) is 5.48. The van der Waals surface area contributed by atoms with Crippen molar-refractivity contribution in [3.63, 3.8) is 0 Å². The number of benzene rings is 1. The first-order valence-electron chi connectivity index (χ1n) is 4.69. The Morgan fingerprint density at radius 2 is 1.83 bits per heavy atom. The maximum atomic E-state index is 13.6. The summed E-state index contributed by atoms with van der Waals surface area (Å²) in [6.45, 7) is 2.96. The molecule has 0 aliphatic heterocycles. The van der Waals surface area contributed by atoms with Crippen LogP contribution < -0.4 is 0 Å². The normalized spacial score (nSPS) is 12.6. The Labute approximate surface area is 108 Å². The molecule has 0 fully saturated rings. The zero-order valence-corrected chi connectivity index (χ0v) is 10.4. The molecule has 0 radical (unpaired) electrons. The third-order valence-electron chi connectivity index (χ3n) is 2.27. The van der Waals surface area contributed by atoms with Crippen molar-refractivity contribution in [3.05, 3.63) is 40.6 Å². The van der Waals surface area contributed by atoms with Crippen LogP contribution in [0.3, 0.4) is 0 Å². The summed E-state index contributed by atoms with van der Waals surface area (Å²) in [6.07, 6.45) is -0.627. The van der Waals surface area contributed by atoms with Crippen LogP contribution in [0.15, 0.2) is 29.3 Å². The molecule has 1 aromatic carbocycles. The molecule has 1 rings (SSSR count). The van der Waals surface area contributed by atoms with E-state index in [-0.39, 0.29) is 0 Å². The molecule has 1 aromatic rings. The molecule has 0 amide bonds. The third kappa shape index (κ3) is 2.36. The molecule has 1 N–H and O–H groups in total. The number of phenols is 1. The van der Waals surface area contributed by atoms with Gasteiger partial charge in [-0.25, -0.2) is 4.39 Å². The van der Waals surface area contributed by atoms with Gasteiger partial charge >= 0.3 is 11.8 Å². The summed E-state index contributed by atoms with van der Waals surface area (Å²) in [5.74, 6) is -11.3. The predicted octanol–water partition coefficient (Wildman–Crippen LogP) is 4.60. The minimum absolute atomic E-state index is 0.423. The van der Waals surface area contributed by atoms with Gasteiger partial charge in [-0.2, -0.15) is 17.6 Å². The minimum atomic E-state index is -4.64. The van der Waals surface area contributed by atoms with Gasteiger partial charge in [-0.05, 0) is 28.1 Å². The number of phenolic OH excluding ortho intramolecular Hbond substituents is 1. The number of aromatic hydroxyl groups is 1. The van der Waals surface area contributed by atoms with Crippen molar-refractivity contribution in [2.45, 2.75) is 18.3 Å². The fourth-order valence-corrected chi connectivity index (χ4v) is 1.65. The van der Waals surface area contributed by atoms with Crippen LogP contribution in [-0.2, 0) is 5.92 Å². The molecular formula is C11H8BrF5O. The van der Waals surface area contributed by atoms with Crippen molar-refractivity contribution < 1.29 is 27.1 Å². The van der Waals surface area contributed by atoms with E-state index in [1.54, 1.807) is 0 Å². The van der Waals surface area contributed by atoms with Crippen LogP contribution >= 0.6 is 15.9 Å². The zero-order chi connectivity index (χ0) is 14.1. The van der Waals surface area contributed by atoms with Gasteiger partial charge in [0.2, 0.25) is 0 Å². The quantitative estimate of drug-likeness (QED) is 0.632. The average Bonchev–Trinajstić information content (AvgIpc) is 2.25. The molecule has 0 saturated heterocycles. The second kappa shape index (κ2) is 4.87. The molecule has 7 heteroatoms. The lowest BCUT2D eigenvalue weighted by molar-refractivity contribution is -0.214. The predicted molar refractivity (Wildman–Crippen MR) is 59.4 cm³/mol. The minimum Gasteiger partial charge on any atom is -0.506 e. The number of hydrogen-bond acceptors (Lipinski definition) is 1. The van der Waals surface area contributed by atoms with Gasteiger partial charge in [-0.1, -0.05) is 6.08 Å². The van der Waals surface area contributed by atoms with Crippen LogP contribution in [0.4, 0.5) is 22.0 Å². The molecule has 0 heterocycles. The Kier molecular flexibility index (Phi) is 4.05. The third-order valence-corrected chi connectivity index (χ3v) is 3.02. The summed E-state index contributed by atoms with van der Waals surface area (Å²) in [5.41, 5.74) is -1.34. The number of hydrogen-bond donors (Lipinski definition) is 1. The Balaban J connectivity index is 3.37. The number of allylic oxidation sites excluding steroid dienone is 1. The summed E-state index contributed by atoms with van der Waals surface area (Å²) >= 11 is 2.50. The van der Waals surface area contributed by atoms with Gasteiger partial charge in [0.25, 0.3) is 0 Å². The van der Waals surface area contributed by atoms with Gasteiger partial charge in [0, 0.05) is 6.42 Å². The van der Waals surface area contributed by atoms with Crippen molar-refractivity contribution in [1.82, 2.24) is 0 Å². The summed E-state index contributed by atoms with van der Waals surface area (Å²) in [6, 6.07) is 0.990. The van der Waals surface area contributed by atoms with Gasteiger partial charge < -0.3 is 5.11 Å². The Bertz CT molecular complexity index is 473. The molecule has 1 nitrogen and oxygen atoms in total. The van der Waals surface area contributed by atoms with Crippen molar-refractivity contribution >= 4 is 15.9 Å². The Hall–Kier alpha value is -1.11. The van der Waals surface area contributed by atoms with Crippen LogP contribution in [0.5, 0.6) is 5.75 Å². The second-order valence-electron chi connectivity index (χ2n) is 3.53. The lowest BCUT2D eigenvalue weighted by Crippen LogP contribution is -2.37. The summed E-state index contributed by atoms with van der Waals surface area (Å²) in [5, 5.41) is 9.32. The lowest BCUT2D eigenvalue weighted by Gasteiger charge is -2.26.